The van der Waals surface area contributed by atoms with Crippen LogP contribution >= 0.6 is 0 Å². The summed E-state index contributed by atoms with van der Waals surface area (Å²) in [5.74, 6) is 1.22. The Bertz CT molecular complexity index is 1240. The first kappa shape index (κ1) is 26.4. The number of nitrogens with zero attached hydrogens (tertiary/aromatic N) is 6. The van der Waals surface area contributed by atoms with Crippen LogP contribution in [-0.2, 0) is 11.3 Å². The zero-order chi connectivity index (χ0) is 26.8. The second-order valence-electron chi connectivity index (χ2n) is 11.8. The van der Waals surface area contributed by atoms with E-state index in [0.717, 1.165) is 67.7 Å². The molecule has 0 radical (unpaired) electrons. The third-order valence-electron chi connectivity index (χ3n) is 8.78. The van der Waals surface area contributed by atoms with Crippen molar-refractivity contribution in [2.45, 2.75) is 70.2 Å². The van der Waals surface area contributed by atoms with Gasteiger partial charge in [0.1, 0.15) is 17.7 Å². The van der Waals surface area contributed by atoms with Crippen molar-refractivity contribution in [3.63, 3.8) is 0 Å². The van der Waals surface area contributed by atoms with E-state index in [-0.39, 0.29) is 5.41 Å². The molecule has 1 unspecified atom stereocenters. The Morgan fingerprint density at radius 1 is 1.10 bits per heavy atom. The summed E-state index contributed by atoms with van der Waals surface area (Å²) < 4.78 is 8.32. The van der Waals surface area contributed by atoms with E-state index in [2.05, 4.69) is 36.1 Å². The molecule has 1 aliphatic carbocycles. The van der Waals surface area contributed by atoms with Crippen molar-refractivity contribution in [2.75, 3.05) is 50.7 Å². The van der Waals surface area contributed by atoms with Crippen LogP contribution in [0.2, 0.25) is 0 Å². The fourth-order valence-electron chi connectivity index (χ4n) is 6.77. The van der Waals surface area contributed by atoms with Crippen LogP contribution in [0.15, 0.2) is 30.6 Å². The molecule has 6 rings (SSSR count). The van der Waals surface area contributed by atoms with Crippen LogP contribution in [-0.4, -0.2) is 76.2 Å². The topological polar surface area (TPSA) is 104 Å². The number of hydrogen-bond donors (Lipinski definition) is 3. The molecule has 0 aromatic carbocycles. The summed E-state index contributed by atoms with van der Waals surface area (Å²) in [6.45, 7) is 3.94. The lowest BCUT2D eigenvalue weighted by atomic mass is 9.71. The Balaban J connectivity index is 1.20. The van der Waals surface area contributed by atoms with E-state index >= 15 is 0 Å². The van der Waals surface area contributed by atoms with Crippen LogP contribution in [0.4, 0.5) is 17.5 Å². The summed E-state index contributed by atoms with van der Waals surface area (Å²) in [7, 11) is 4.02. The highest BCUT2D eigenvalue weighted by Crippen LogP contribution is 2.43. The smallest absolute Gasteiger partial charge is 0.230 e. The number of fused-ring (bicyclic) bond motifs is 1. The molecule has 5 heterocycles. The molecule has 1 atom stereocenters. The number of aliphatic hydroxyl groups excluding tert-OH is 1. The van der Waals surface area contributed by atoms with E-state index in [1.165, 1.54) is 25.7 Å². The zero-order valence-electron chi connectivity index (χ0n) is 23.3. The monoisotopic (exact) mass is 534 g/mol. The van der Waals surface area contributed by atoms with Gasteiger partial charge in [-0.05, 0) is 83.9 Å². The maximum Gasteiger partial charge on any atom is 0.230 e. The fraction of sp³-hybridized carbons (Fsp3) is 0.621. The maximum atomic E-state index is 11.3. The molecule has 0 bridgehead atoms. The molecular formula is C29H42N8O2. The van der Waals surface area contributed by atoms with Gasteiger partial charge >= 0.3 is 0 Å². The summed E-state index contributed by atoms with van der Waals surface area (Å²) in [5, 5.41) is 19.1. The summed E-state index contributed by atoms with van der Waals surface area (Å²) in [6, 6.07) is 6.60. The summed E-state index contributed by atoms with van der Waals surface area (Å²) in [4.78, 5) is 18.4. The SMILES string of the molecule is CN(C)COCc1cc2cnc(Nc3ccc(N4CCCC5(CCNCC5)C4O)cn3)nc2n1C1CCCC1. The highest BCUT2D eigenvalue weighted by atomic mass is 16.5. The van der Waals surface area contributed by atoms with Gasteiger partial charge in [0.25, 0.3) is 0 Å². The third kappa shape index (κ3) is 5.48. The zero-order valence-corrected chi connectivity index (χ0v) is 23.3. The number of anilines is 3. The van der Waals surface area contributed by atoms with E-state index in [9.17, 15) is 5.11 Å². The molecule has 2 aliphatic heterocycles. The van der Waals surface area contributed by atoms with Gasteiger partial charge in [0.05, 0.1) is 25.2 Å². The summed E-state index contributed by atoms with van der Waals surface area (Å²) in [5.41, 5.74) is 3.04. The predicted molar refractivity (Wildman–Crippen MR) is 153 cm³/mol. The van der Waals surface area contributed by atoms with Crippen molar-refractivity contribution in [3.8, 4) is 0 Å². The standard InChI is InChI=1S/C29H42N8O2/c1-35(2)20-39-19-24-16-21-17-32-28(34-26(21)37(24)22-6-3-4-7-22)33-25-9-8-23(18-31-25)36-15-5-10-29(27(36)38)11-13-30-14-12-29/h8-9,16-18,22,27,30,38H,3-7,10-15,19-20H2,1-2H3,(H,31,32,33,34). The van der Waals surface area contributed by atoms with Gasteiger partial charge in [-0.3, -0.25) is 4.90 Å². The highest BCUT2D eigenvalue weighted by molar-refractivity contribution is 5.78. The largest absolute Gasteiger partial charge is 0.373 e. The van der Waals surface area contributed by atoms with Crippen molar-refractivity contribution in [3.05, 3.63) is 36.3 Å². The fourth-order valence-corrected chi connectivity index (χ4v) is 6.77. The number of ether oxygens (including phenoxy) is 1. The Labute approximate surface area is 230 Å². The molecule has 10 nitrogen and oxygen atoms in total. The van der Waals surface area contributed by atoms with E-state index < -0.39 is 6.23 Å². The Kier molecular flexibility index (Phi) is 7.70. The van der Waals surface area contributed by atoms with Crippen molar-refractivity contribution in [1.29, 1.82) is 0 Å². The molecule has 2 saturated heterocycles. The molecule has 3 N–H and O–H groups in total. The van der Waals surface area contributed by atoms with Gasteiger partial charge in [0.2, 0.25) is 5.95 Å². The molecule has 1 spiro atoms. The van der Waals surface area contributed by atoms with E-state index in [0.29, 0.717) is 31.1 Å². The maximum absolute atomic E-state index is 11.3. The van der Waals surface area contributed by atoms with Crippen molar-refractivity contribution in [1.82, 2.24) is 29.7 Å². The van der Waals surface area contributed by atoms with Crippen molar-refractivity contribution in [2.24, 2.45) is 5.41 Å². The number of aromatic nitrogens is 4. The average Bonchev–Trinajstić information content (AvgIpc) is 3.59. The van der Waals surface area contributed by atoms with Gasteiger partial charge in [-0.15, -0.1) is 0 Å². The molecule has 3 aromatic heterocycles. The van der Waals surface area contributed by atoms with E-state index in [4.69, 9.17) is 9.72 Å². The van der Waals surface area contributed by atoms with Gasteiger partial charge in [-0.25, -0.2) is 9.97 Å². The third-order valence-corrected chi connectivity index (χ3v) is 8.78. The van der Waals surface area contributed by atoms with Gasteiger partial charge in [-0.1, -0.05) is 12.8 Å². The molecule has 39 heavy (non-hydrogen) atoms. The second-order valence-corrected chi connectivity index (χ2v) is 11.8. The number of pyridine rings is 1. The van der Waals surface area contributed by atoms with Crippen LogP contribution in [0.25, 0.3) is 11.0 Å². The number of aliphatic hydroxyl groups is 1. The second kappa shape index (κ2) is 11.4. The molecule has 210 valence electrons. The average molecular weight is 535 g/mol. The molecule has 10 heteroatoms. The molecular weight excluding hydrogens is 492 g/mol. The summed E-state index contributed by atoms with van der Waals surface area (Å²) in [6.07, 6.45) is 12.3. The van der Waals surface area contributed by atoms with Gasteiger partial charge in [0, 0.05) is 35.3 Å². The minimum atomic E-state index is -0.473. The summed E-state index contributed by atoms with van der Waals surface area (Å²) >= 11 is 0. The number of piperidine rings is 2. The van der Waals surface area contributed by atoms with Gasteiger partial charge in [0.15, 0.2) is 0 Å². The molecule has 0 amide bonds. The molecule has 1 saturated carbocycles. The van der Waals surface area contributed by atoms with Gasteiger partial charge < -0.3 is 29.9 Å². The minimum Gasteiger partial charge on any atom is -0.373 e. The van der Waals surface area contributed by atoms with Crippen molar-refractivity contribution < 1.29 is 9.84 Å². The van der Waals surface area contributed by atoms with E-state index in [1.54, 1.807) is 0 Å². The van der Waals surface area contributed by atoms with Crippen LogP contribution in [0.1, 0.15) is 63.1 Å². The van der Waals surface area contributed by atoms with Crippen LogP contribution in [0.5, 0.6) is 0 Å². The molecule has 3 aliphatic rings. The lowest BCUT2D eigenvalue weighted by Gasteiger charge is -2.50. The number of nitrogens with one attached hydrogen (secondary N) is 2. The van der Waals surface area contributed by atoms with E-state index in [1.807, 2.05) is 43.5 Å². The molecule has 3 fully saturated rings. The van der Waals surface area contributed by atoms with Crippen LogP contribution in [0, 0.1) is 5.41 Å². The van der Waals surface area contributed by atoms with Crippen molar-refractivity contribution >= 4 is 28.5 Å². The number of hydrogen-bond acceptors (Lipinski definition) is 9. The first-order chi connectivity index (χ1) is 19.0. The normalized spacial score (nSPS) is 21.8. The van der Waals surface area contributed by atoms with Crippen LogP contribution < -0.4 is 15.5 Å². The molecule has 3 aromatic rings. The highest BCUT2D eigenvalue weighted by Gasteiger charge is 2.44. The predicted octanol–water partition coefficient (Wildman–Crippen LogP) is 4.01. The first-order valence-electron chi connectivity index (χ1n) is 14.5. The number of rotatable bonds is 8. The first-order valence-corrected chi connectivity index (χ1v) is 14.5. The quantitative estimate of drug-likeness (QED) is 0.370. The Morgan fingerprint density at radius 3 is 2.67 bits per heavy atom. The Hall–Kier alpha value is -2.79. The lowest BCUT2D eigenvalue weighted by Crippen LogP contribution is -2.56. The minimum absolute atomic E-state index is 0.0196. The lowest BCUT2D eigenvalue weighted by molar-refractivity contribution is -0.0244. The van der Waals surface area contributed by atoms with Crippen LogP contribution in [0.3, 0.4) is 0 Å². The Morgan fingerprint density at radius 2 is 1.92 bits per heavy atom. The van der Waals surface area contributed by atoms with Gasteiger partial charge in [-0.2, -0.15) is 4.98 Å².